The zero-order chi connectivity index (χ0) is 29.2. The van der Waals surface area contributed by atoms with Gasteiger partial charge in [-0.3, -0.25) is 5.43 Å². The molecule has 11 nitrogen and oxygen atoms in total. The van der Waals surface area contributed by atoms with Gasteiger partial charge in [-0.25, -0.2) is 9.59 Å². The summed E-state index contributed by atoms with van der Waals surface area (Å²) in [6.45, 7) is 3.65. The van der Waals surface area contributed by atoms with E-state index in [0.29, 0.717) is 50.2 Å². The fourth-order valence-corrected chi connectivity index (χ4v) is 4.71. The van der Waals surface area contributed by atoms with Gasteiger partial charge in [-0.05, 0) is 65.2 Å². The molecule has 3 rings (SSSR count). The van der Waals surface area contributed by atoms with E-state index in [1.165, 1.54) is 13.3 Å². The van der Waals surface area contributed by atoms with Crippen molar-refractivity contribution >= 4 is 45.7 Å². The maximum atomic E-state index is 12.4. The number of aliphatic hydroxyl groups is 1. The Balaban J connectivity index is 1.68. The van der Waals surface area contributed by atoms with Gasteiger partial charge >= 0.3 is 12.0 Å². The third kappa shape index (κ3) is 7.81. The molecule has 0 aromatic heterocycles. The van der Waals surface area contributed by atoms with Crippen molar-refractivity contribution in [3.05, 3.63) is 62.2 Å². The van der Waals surface area contributed by atoms with Crippen LogP contribution < -0.4 is 30.3 Å². The Labute approximate surface area is 245 Å². The Bertz CT molecular complexity index is 1340. The Morgan fingerprint density at radius 1 is 1.30 bits per heavy atom. The minimum Gasteiger partial charge on any atom is -0.490 e. The number of rotatable bonds is 12. The Kier molecular flexibility index (Phi) is 11.1. The van der Waals surface area contributed by atoms with E-state index < -0.39 is 24.3 Å². The lowest BCUT2D eigenvalue weighted by molar-refractivity contribution is -0.136. The average Bonchev–Trinajstić information content (AvgIpc) is 2.91. The quantitative estimate of drug-likeness (QED) is 0.0912. The van der Waals surface area contributed by atoms with Gasteiger partial charge in [-0.2, -0.15) is 5.10 Å². The number of nitrogens with one attached hydrogen (secondary N) is 3. The second kappa shape index (κ2) is 14.5. The highest BCUT2D eigenvalue weighted by molar-refractivity contribution is 9.10. The van der Waals surface area contributed by atoms with Crippen molar-refractivity contribution in [1.29, 1.82) is 0 Å². The number of carbonyl (C=O) groups excluding carboxylic acids is 2. The maximum absolute atomic E-state index is 12.4. The third-order valence-corrected chi connectivity index (χ3v) is 6.30. The van der Waals surface area contributed by atoms with Gasteiger partial charge < -0.3 is 34.7 Å². The number of carbonyl (C=O) groups is 2. The summed E-state index contributed by atoms with van der Waals surface area (Å²) < 4.78 is 22.4. The van der Waals surface area contributed by atoms with E-state index in [0.717, 1.165) is 0 Å². The topological polar surface area (TPSA) is 140 Å². The van der Waals surface area contributed by atoms with Crippen molar-refractivity contribution in [3.8, 4) is 29.6 Å². The van der Waals surface area contributed by atoms with Crippen LogP contribution in [0.2, 0.25) is 5.02 Å². The SMILES string of the molecule is C#CCOc1c(Cl)cc(/C=N\N[C@@H](O)COc2ccc([C@H]3NC(=O)NC(C)=C3C(=O)OC)cc2OCC)cc1Br. The first kappa shape index (κ1) is 30.6. The van der Waals surface area contributed by atoms with Crippen molar-refractivity contribution in [2.45, 2.75) is 26.1 Å². The highest BCUT2D eigenvalue weighted by Crippen LogP contribution is 2.35. The lowest BCUT2D eigenvalue weighted by Gasteiger charge is -2.28. The van der Waals surface area contributed by atoms with Crippen molar-refractivity contribution in [2.24, 2.45) is 5.10 Å². The number of methoxy groups -OCH3 is 1. The van der Waals surface area contributed by atoms with E-state index in [1.54, 1.807) is 44.2 Å². The number of ether oxygens (including phenoxy) is 4. The van der Waals surface area contributed by atoms with E-state index in [9.17, 15) is 14.7 Å². The second-order valence-electron chi connectivity index (χ2n) is 8.22. The van der Waals surface area contributed by atoms with Crippen LogP contribution in [0.15, 0.2) is 51.2 Å². The molecule has 0 saturated carbocycles. The molecule has 0 spiro atoms. The monoisotopic (exact) mass is 634 g/mol. The summed E-state index contributed by atoms with van der Waals surface area (Å²) in [5.74, 6) is 2.92. The number of halogens is 2. The van der Waals surface area contributed by atoms with Gasteiger partial charge in [0.1, 0.15) is 13.2 Å². The summed E-state index contributed by atoms with van der Waals surface area (Å²) in [5.41, 5.74) is 4.43. The van der Waals surface area contributed by atoms with Crippen LogP contribution >= 0.6 is 27.5 Å². The van der Waals surface area contributed by atoms with Crippen LogP contribution in [0.5, 0.6) is 17.2 Å². The van der Waals surface area contributed by atoms with Crippen LogP contribution in [0.4, 0.5) is 4.79 Å². The maximum Gasteiger partial charge on any atom is 0.337 e. The number of terminal acetylenes is 1. The Morgan fingerprint density at radius 3 is 2.75 bits per heavy atom. The molecule has 2 aromatic carbocycles. The molecule has 1 aliphatic heterocycles. The number of urea groups is 1. The molecule has 1 heterocycles. The van der Waals surface area contributed by atoms with E-state index >= 15 is 0 Å². The lowest BCUT2D eigenvalue weighted by atomic mass is 9.95. The molecule has 0 unspecified atom stereocenters. The van der Waals surface area contributed by atoms with Gasteiger partial charge in [0.05, 0.1) is 41.0 Å². The number of amides is 2. The summed E-state index contributed by atoms with van der Waals surface area (Å²) in [6, 6.07) is 7.11. The molecule has 0 aliphatic carbocycles. The normalized spacial score (nSPS) is 15.5. The second-order valence-corrected chi connectivity index (χ2v) is 9.48. The molecular weight excluding hydrogens is 608 g/mol. The summed E-state index contributed by atoms with van der Waals surface area (Å²) in [4.78, 5) is 24.5. The summed E-state index contributed by atoms with van der Waals surface area (Å²) in [6.07, 6.45) is 5.52. The van der Waals surface area contributed by atoms with Crippen molar-refractivity contribution in [2.75, 3.05) is 26.9 Å². The van der Waals surface area contributed by atoms with Crippen LogP contribution in [0.1, 0.15) is 31.0 Å². The number of hydrogen-bond donors (Lipinski definition) is 4. The molecular formula is C27H28BrClN4O7. The first-order valence-corrected chi connectivity index (χ1v) is 13.1. The minimum atomic E-state index is -1.16. The smallest absolute Gasteiger partial charge is 0.337 e. The van der Waals surface area contributed by atoms with Gasteiger partial charge in [0.2, 0.25) is 0 Å². The van der Waals surface area contributed by atoms with E-state index in [1.807, 2.05) is 0 Å². The van der Waals surface area contributed by atoms with Crippen molar-refractivity contribution in [3.63, 3.8) is 0 Å². The van der Waals surface area contributed by atoms with E-state index in [-0.39, 0.29) is 18.8 Å². The molecule has 0 radical (unpaired) electrons. The summed E-state index contributed by atoms with van der Waals surface area (Å²) >= 11 is 9.62. The largest absolute Gasteiger partial charge is 0.490 e. The van der Waals surface area contributed by atoms with Crippen LogP contribution in [0.25, 0.3) is 0 Å². The van der Waals surface area contributed by atoms with Crippen LogP contribution in [-0.4, -0.2) is 56.5 Å². The molecule has 0 fully saturated rings. The summed E-state index contributed by atoms with van der Waals surface area (Å²) in [5, 5.41) is 20.0. The van der Waals surface area contributed by atoms with Gasteiger partial charge in [0, 0.05) is 5.70 Å². The molecule has 2 aromatic rings. The first-order chi connectivity index (χ1) is 19.2. The molecule has 2 atom stereocenters. The van der Waals surface area contributed by atoms with Crippen LogP contribution in [0.3, 0.4) is 0 Å². The highest BCUT2D eigenvalue weighted by atomic mass is 79.9. The molecule has 1 aliphatic rings. The van der Waals surface area contributed by atoms with Gasteiger partial charge in [0.25, 0.3) is 0 Å². The van der Waals surface area contributed by atoms with Crippen molar-refractivity contribution < 1.29 is 33.6 Å². The molecule has 13 heteroatoms. The zero-order valence-corrected chi connectivity index (χ0v) is 24.3. The van der Waals surface area contributed by atoms with Gasteiger partial charge in [-0.1, -0.05) is 23.6 Å². The number of hydrogen-bond acceptors (Lipinski definition) is 9. The summed E-state index contributed by atoms with van der Waals surface area (Å²) in [7, 11) is 1.27. The number of nitrogens with zero attached hydrogens (tertiary/aromatic N) is 1. The van der Waals surface area contributed by atoms with E-state index in [4.69, 9.17) is 37.0 Å². The van der Waals surface area contributed by atoms with Crippen LogP contribution in [0, 0.1) is 12.3 Å². The Morgan fingerprint density at radius 2 is 2.08 bits per heavy atom. The molecule has 4 N–H and O–H groups in total. The number of hydrazone groups is 1. The molecule has 0 saturated heterocycles. The number of esters is 1. The lowest BCUT2D eigenvalue weighted by Crippen LogP contribution is -2.45. The fourth-order valence-electron chi connectivity index (χ4n) is 3.73. The van der Waals surface area contributed by atoms with Gasteiger partial charge in [-0.15, -0.1) is 6.42 Å². The third-order valence-electron chi connectivity index (χ3n) is 5.43. The van der Waals surface area contributed by atoms with Crippen LogP contribution in [-0.2, 0) is 9.53 Å². The number of benzene rings is 2. The molecule has 2 amide bonds. The minimum absolute atomic E-state index is 0.0765. The zero-order valence-electron chi connectivity index (χ0n) is 21.9. The van der Waals surface area contributed by atoms with Gasteiger partial charge in [0.15, 0.2) is 23.5 Å². The standard InChI is InChI=1S/C27H28BrClN4O7/c1-5-9-39-25-18(28)10-16(11-19(25)29)13-30-33-22(34)14-40-20-8-7-17(12-21(20)38-6-2)24-23(26(35)37-4)15(3)31-27(36)32-24/h1,7-8,10-13,22,24,33-34H,6,9,14H2,2-4H3,(H2,31,32,36)/b30-13-/t22-,24+/m0/s1. The molecule has 0 bridgehead atoms. The predicted octanol–water partition coefficient (Wildman–Crippen LogP) is 3.64. The molecule has 40 heavy (non-hydrogen) atoms. The Hall–Kier alpha value is -3.92. The average molecular weight is 636 g/mol. The number of allylic oxidation sites excluding steroid dienone is 1. The predicted molar refractivity (Wildman–Crippen MR) is 152 cm³/mol. The van der Waals surface area contributed by atoms with E-state index in [2.05, 4.69) is 43.0 Å². The number of aliphatic hydroxyl groups excluding tert-OH is 1. The first-order valence-electron chi connectivity index (χ1n) is 12.0. The highest BCUT2D eigenvalue weighted by Gasteiger charge is 2.32. The van der Waals surface area contributed by atoms with Crippen molar-refractivity contribution in [1.82, 2.24) is 16.1 Å². The molecule has 212 valence electrons. The fraction of sp³-hybridized carbons (Fsp3) is 0.296.